The van der Waals surface area contributed by atoms with Gasteiger partial charge in [-0.05, 0) is 18.4 Å². The van der Waals surface area contributed by atoms with Crippen LogP contribution in [0.1, 0.15) is 17.0 Å². The van der Waals surface area contributed by atoms with Crippen molar-refractivity contribution in [3.05, 3.63) is 53.6 Å². The van der Waals surface area contributed by atoms with Gasteiger partial charge >= 0.3 is 0 Å². The molecule has 16 heavy (non-hydrogen) atoms. The largest absolute Gasteiger partial charge is 0.325 e. The Morgan fingerprint density at radius 3 is 2.69 bits per heavy atom. The molecule has 0 fully saturated rings. The summed E-state index contributed by atoms with van der Waals surface area (Å²) in [6.45, 7) is 0. The molecule has 0 aliphatic rings. The van der Waals surface area contributed by atoms with Gasteiger partial charge < -0.3 is 4.57 Å². The van der Waals surface area contributed by atoms with E-state index in [1.807, 2.05) is 25.2 Å². The highest BCUT2D eigenvalue weighted by molar-refractivity contribution is 5.28. The second-order valence-corrected chi connectivity index (χ2v) is 3.75. The normalized spacial score (nSPS) is 10.0. The second kappa shape index (κ2) is 4.63. The van der Waals surface area contributed by atoms with Crippen LogP contribution in [0.4, 0.5) is 0 Å². The number of benzene rings is 1. The predicted molar refractivity (Wildman–Crippen MR) is 61.8 cm³/mol. The van der Waals surface area contributed by atoms with E-state index in [9.17, 15) is 0 Å². The molecule has 0 bridgehead atoms. The van der Waals surface area contributed by atoms with Crippen LogP contribution in [-0.4, -0.2) is 9.55 Å². The van der Waals surface area contributed by atoms with E-state index in [4.69, 9.17) is 5.26 Å². The van der Waals surface area contributed by atoms with Crippen molar-refractivity contribution in [2.45, 2.75) is 12.8 Å². The van der Waals surface area contributed by atoms with Crippen LogP contribution in [0.25, 0.3) is 0 Å². The summed E-state index contributed by atoms with van der Waals surface area (Å²) in [4.78, 5) is 4.24. The van der Waals surface area contributed by atoms with Crippen molar-refractivity contribution >= 4 is 0 Å². The minimum atomic E-state index is 0.663. The number of imidazole rings is 1. The van der Waals surface area contributed by atoms with Crippen LogP contribution >= 0.6 is 0 Å². The molecule has 1 aromatic heterocycles. The van der Waals surface area contributed by atoms with E-state index >= 15 is 0 Å². The minimum Gasteiger partial charge on any atom is -0.325 e. The first-order chi connectivity index (χ1) is 7.81. The predicted octanol–water partition coefficient (Wildman–Crippen LogP) is 2.08. The standard InChI is InChI=1S/C13H13N3/c1-16-10-15-12(13(16)9-14)8-7-11-5-3-2-4-6-11/h2-6,10H,7-8H2,1H3. The van der Waals surface area contributed by atoms with E-state index in [0.29, 0.717) is 5.69 Å². The molecule has 0 unspecified atom stereocenters. The zero-order valence-corrected chi connectivity index (χ0v) is 9.22. The third kappa shape index (κ3) is 2.12. The molecular weight excluding hydrogens is 198 g/mol. The molecule has 2 rings (SSSR count). The fourth-order valence-electron chi connectivity index (χ4n) is 1.71. The van der Waals surface area contributed by atoms with Crippen molar-refractivity contribution in [2.24, 2.45) is 7.05 Å². The average molecular weight is 211 g/mol. The SMILES string of the molecule is Cn1cnc(CCc2ccccc2)c1C#N. The smallest absolute Gasteiger partial charge is 0.142 e. The molecule has 0 radical (unpaired) electrons. The summed E-state index contributed by atoms with van der Waals surface area (Å²) >= 11 is 0. The number of hydrogen-bond donors (Lipinski definition) is 0. The number of rotatable bonds is 3. The molecule has 0 N–H and O–H groups in total. The first kappa shape index (κ1) is 10.4. The second-order valence-electron chi connectivity index (χ2n) is 3.75. The molecule has 1 aromatic carbocycles. The molecule has 3 nitrogen and oxygen atoms in total. The van der Waals surface area contributed by atoms with Gasteiger partial charge in [0, 0.05) is 7.05 Å². The summed E-state index contributed by atoms with van der Waals surface area (Å²) in [5, 5.41) is 8.97. The van der Waals surface area contributed by atoms with E-state index in [0.717, 1.165) is 18.5 Å². The average Bonchev–Trinajstić information content (AvgIpc) is 2.68. The molecule has 80 valence electrons. The highest BCUT2D eigenvalue weighted by Gasteiger charge is 2.07. The number of hydrogen-bond acceptors (Lipinski definition) is 2. The first-order valence-corrected chi connectivity index (χ1v) is 5.25. The molecule has 3 heteroatoms. The quantitative estimate of drug-likeness (QED) is 0.780. The van der Waals surface area contributed by atoms with Crippen molar-refractivity contribution in [2.75, 3.05) is 0 Å². The minimum absolute atomic E-state index is 0.663. The Balaban J connectivity index is 2.09. The first-order valence-electron chi connectivity index (χ1n) is 5.25. The number of aromatic nitrogens is 2. The number of nitrogens with zero attached hydrogens (tertiary/aromatic N) is 3. The highest BCUT2D eigenvalue weighted by Crippen LogP contribution is 2.09. The van der Waals surface area contributed by atoms with Crippen LogP contribution < -0.4 is 0 Å². The van der Waals surface area contributed by atoms with Crippen LogP contribution in [0, 0.1) is 11.3 Å². The van der Waals surface area contributed by atoms with Crippen LogP contribution in [0.2, 0.25) is 0 Å². The van der Waals surface area contributed by atoms with Gasteiger partial charge in [-0.25, -0.2) is 4.98 Å². The van der Waals surface area contributed by atoms with E-state index in [2.05, 4.69) is 23.2 Å². The van der Waals surface area contributed by atoms with Crippen molar-refractivity contribution in [1.82, 2.24) is 9.55 Å². The third-order valence-electron chi connectivity index (χ3n) is 2.61. The van der Waals surface area contributed by atoms with Gasteiger partial charge in [-0.2, -0.15) is 5.26 Å². The summed E-state index contributed by atoms with van der Waals surface area (Å²) in [7, 11) is 1.84. The fraction of sp³-hybridized carbons (Fsp3) is 0.231. The van der Waals surface area contributed by atoms with E-state index in [1.54, 1.807) is 10.9 Å². The Morgan fingerprint density at radius 2 is 2.00 bits per heavy atom. The molecule has 0 saturated carbocycles. The summed E-state index contributed by atoms with van der Waals surface area (Å²) < 4.78 is 1.76. The van der Waals surface area contributed by atoms with Gasteiger partial charge in [-0.3, -0.25) is 0 Å². The molecule has 0 spiro atoms. The lowest BCUT2D eigenvalue weighted by molar-refractivity contribution is 0.884. The number of aryl methyl sites for hydroxylation is 3. The third-order valence-corrected chi connectivity index (χ3v) is 2.61. The lowest BCUT2D eigenvalue weighted by atomic mass is 10.1. The van der Waals surface area contributed by atoms with E-state index in [1.165, 1.54) is 5.56 Å². The van der Waals surface area contributed by atoms with Gasteiger partial charge in [0.2, 0.25) is 0 Å². The van der Waals surface area contributed by atoms with Gasteiger partial charge in [0.25, 0.3) is 0 Å². The Morgan fingerprint density at radius 1 is 1.25 bits per heavy atom. The van der Waals surface area contributed by atoms with Gasteiger partial charge in [-0.1, -0.05) is 30.3 Å². The number of nitriles is 1. The molecule has 0 amide bonds. The Hall–Kier alpha value is -2.08. The molecule has 0 aliphatic carbocycles. The van der Waals surface area contributed by atoms with Gasteiger partial charge in [0.1, 0.15) is 11.8 Å². The molecule has 0 aliphatic heterocycles. The van der Waals surface area contributed by atoms with E-state index in [-0.39, 0.29) is 0 Å². The maximum absolute atomic E-state index is 8.97. The lowest BCUT2D eigenvalue weighted by Crippen LogP contribution is -1.96. The maximum atomic E-state index is 8.97. The van der Waals surface area contributed by atoms with Gasteiger partial charge in [0.15, 0.2) is 0 Å². The maximum Gasteiger partial charge on any atom is 0.142 e. The molecule has 1 heterocycles. The fourth-order valence-corrected chi connectivity index (χ4v) is 1.71. The van der Waals surface area contributed by atoms with Crippen LogP contribution in [0.5, 0.6) is 0 Å². The van der Waals surface area contributed by atoms with E-state index < -0.39 is 0 Å². The van der Waals surface area contributed by atoms with Crippen molar-refractivity contribution in [3.63, 3.8) is 0 Å². The van der Waals surface area contributed by atoms with Crippen molar-refractivity contribution < 1.29 is 0 Å². The van der Waals surface area contributed by atoms with Crippen molar-refractivity contribution in [3.8, 4) is 6.07 Å². The van der Waals surface area contributed by atoms with Crippen LogP contribution in [-0.2, 0) is 19.9 Å². The van der Waals surface area contributed by atoms with Gasteiger partial charge in [-0.15, -0.1) is 0 Å². The molecule has 0 atom stereocenters. The zero-order valence-electron chi connectivity index (χ0n) is 9.22. The Labute approximate surface area is 95.0 Å². The van der Waals surface area contributed by atoms with Crippen molar-refractivity contribution in [1.29, 1.82) is 5.26 Å². The summed E-state index contributed by atoms with van der Waals surface area (Å²) in [5.74, 6) is 0. The topological polar surface area (TPSA) is 41.6 Å². The molecular formula is C13H13N3. The van der Waals surface area contributed by atoms with Crippen LogP contribution in [0.3, 0.4) is 0 Å². The summed E-state index contributed by atoms with van der Waals surface area (Å²) in [5.41, 5.74) is 2.82. The summed E-state index contributed by atoms with van der Waals surface area (Å²) in [6.07, 6.45) is 3.43. The molecule has 2 aromatic rings. The lowest BCUT2D eigenvalue weighted by Gasteiger charge is -1.99. The Bertz CT molecular complexity index is 506. The monoisotopic (exact) mass is 211 g/mol. The van der Waals surface area contributed by atoms with Crippen LogP contribution in [0.15, 0.2) is 36.7 Å². The zero-order chi connectivity index (χ0) is 11.4. The summed E-state index contributed by atoms with van der Waals surface area (Å²) in [6, 6.07) is 12.4. The van der Waals surface area contributed by atoms with Gasteiger partial charge in [0.05, 0.1) is 12.0 Å². The molecule has 0 saturated heterocycles. The highest BCUT2D eigenvalue weighted by atomic mass is 15.0. The Kier molecular flexibility index (Phi) is 3.02.